The highest BCUT2D eigenvalue weighted by molar-refractivity contribution is 6.07. The minimum absolute atomic E-state index is 0.0795. The molecule has 0 atom stereocenters. The van der Waals surface area contributed by atoms with E-state index in [2.05, 4.69) is 22.5 Å². The summed E-state index contributed by atoms with van der Waals surface area (Å²) in [5.41, 5.74) is 1.42. The lowest BCUT2D eigenvalue weighted by atomic mass is 9.88. The van der Waals surface area contributed by atoms with Crippen LogP contribution in [0.5, 0.6) is 0 Å². The maximum atomic E-state index is 12.6. The van der Waals surface area contributed by atoms with E-state index in [4.69, 9.17) is 0 Å². The first-order valence-electron chi connectivity index (χ1n) is 7.93. The number of hydrogen-bond acceptors (Lipinski definition) is 4. The standard InChI is InChI=1S/C16H22N4O2/c1-2-12-3-4-13(18-11-12)5-10-20-14(21)16(19-15(20)22)6-8-17-9-7-16/h3-4,11,17H,2,5-10H2,1H3,(H,19,22). The van der Waals surface area contributed by atoms with Crippen LogP contribution in [0.25, 0.3) is 0 Å². The first-order valence-corrected chi connectivity index (χ1v) is 7.93. The van der Waals surface area contributed by atoms with E-state index in [0.29, 0.717) is 25.8 Å². The van der Waals surface area contributed by atoms with Crippen molar-refractivity contribution in [1.29, 1.82) is 0 Å². The zero-order valence-electron chi connectivity index (χ0n) is 12.9. The highest BCUT2D eigenvalue weighted by atomic mass is 16.2. The fourth-order valence-corrected chi connectivity index (χ4v) is 3.11. The Morgan fingerprint density at radius 2 is 2.05 bits per heavy atom. The van der Waals surface area contributed by atoms with E-state index < -0.39 is 5.54 Å². The van der Waals surface area contributed by atoms with E-state index >= 15 is 0 Å². The summed E-state index contributed by atoms with van der Waals surface area (Å²) < 4.78 is 0. The van der Waals surface area contributed by atoms with Gasteiger partial charge in [0, 0.05) is 24.9 Å². The number of aromatic nitrogens is 1. The highest BCUT2D eigenvalue weighted by Crippen LogP contribution is 2.26. The molecule has 6 nitrogen and oxygen atoms in total. The van der Waals surface area contributed by atoms with E-state index in [1.807, 2.05) is 18.3 Å². The Hall–Kier alpha value is -1.95. The molecule has 6 heteroatoms. The second kappa shape index (κ2) is 6.04. The topological polar surface area (TPSA) is 74.3 Å². The fraction of sp³-hybridized carbons (Fsp3) is 0.562. The number of carbonyl (C=O) groups is 2. The molecule has 118 valence electrons. The van der Waals surface area contributed by atoms with Gasteiger partial charge in [-0.15, -0.1) is 0 Å². The number of nitrogens with zero attached hydrogens (tertiary/aromatic N) is 2. The number of imide groups is 1. The van der Waals surface area contributed by atoms with Crippen molar-refractivity contribution in [3.63, 3.8) is 0 Å². The van der Waals surface area contributed by atoms with Crippen molar-refractivity contribution in [2.24, 2.45) is 0 Å². The monoisotopic (exact) mass is 302 g/mol. The van der Waals surface area contributed by atoms with Gasteiger partial charge in [0.05, 0.1) is 0 Å². The van der Waals surface area contributed by atoms with Crippen LogP contribution in [0.15, 0.2) is 18.3 Å². The Balaban J connectivity index is 1.64. The number of hydrogen-bond donors (Lipinski definition) is 2. The highest BCUT2D eigenvalue weighted by Gasteiger charge is 2.51. The summed E-state index contributed by atoms with van der Waals surface area (Å²) in [4.78, 5) is 30.5. The minimum atomic E-state index is -0.679. The Morgan fingerprint density at radius 1 is 1.27 bits per heavy atom. The molecule has 0 bridgehead atoms. The molecule has 2 aliphatic heterocycles. The third-order valence-electron chi connectivity index (χ3n) is 4.59. The van der Waals surface area contributed by atoms with Crippen LogP contribution in [0.1, 0.15) is 31.0 Å². The van der Waals surface area contributed by atoms with E-state index in [0.717, 1.165) is 25.2 Å². The number of nitrogens with one attached hydrogen (secondary N) is 2. The van der Waals surface area contributed by atoms with E-state index in [-0.39, 0.29) is 11.9 Å². The Bertz CT molecular complexity index is 564. The van der Waals surface area contributed by atoms with Crippen LogP contribution in [0.2, 0.25) is 0 Å². The van der Waals surface area contributed by atoms with Gasteiger partial charge in [-0.2, -0.15) is 0 Å². The molecule has 1 aromatic rings. The molecule has 2 aliphatic rings. The number of amides is 3. The van der Waals surface area contributed by atoms with Gasteiger partial charge in [-0.3, -0.25) is 14.7 Å². The molecule has 1 aromatic heterocycles. The summed E-state index contributed by atoms with van der Waals surface area (Å²) in [6.45, 7) is 4.00. The van der Waals surface area contributed by atoms with Crippen LogP contribution in [-0.4, -0.2) is 47.0 Å². The molecule has 0 aliphatic carbocycles. The molecule has 22 heavy (non-hydrogen) atoms. The maximum Gasteiger partial charge on any atom is 0.325 e. The molecule has 1 spiro atoms. The Morgan fingerprint density at radius 3 is 2.68 bits per heavy atom. The molecule has 0 aromatic carbocycles. The summed E-state index contributed by atoms with van der Waals surface area (Å²) in [5.74, 6) is -0.0795. The summed E-state index contributed by atoms with van der Waals surface area (Å²) in [6.07, 6.45) is 4.74. The van der Waals surface area contributed by atoms with Crippen LogP contribution in [0.3, 0.4) is 0 Å². The third-order valence-corrected chi connectivity index (χ3v) is 4.59. The second-order valence-electron chi connectivity index (χ2n) is 5.98. The average Bonchev–Trinajstić information content (AvgIpc) is 2.77. The van der Waals surface area contributed by atoms with Crippen molar-refractivity contribution in [1.82, 2.24) is 20.5 Å². The zero-order chi connectivity index (χ0) is 15.6. The lowest BCUT2D eigenvalue weighted by Gasteiger charge is -2.31. The van der Waals surface area contributed by atoms with Crippen molar-refractivity contribution < 1.29 is 9.59 Å². The average molecular weight is 302 g/mol. The van der Waals surface area contributed by atoms with E-state index in [1.54, 1.807) is 0 Å². The summed E-state index contributed by atoms with van der Waals surface area (Å²) in [7, 11) is 0. The SMILES string of the molecule is CCc1ccc(CCN2C(=O)NC3(CCNCC3)C2=O)nc1. The van der Waals surface area contributed by atoms with Gasteiger partial charge in [0.1, 0.15) is 5.54 Å². The van der Waals surface area contributed by atoms with Gasteiger partial charge < -0.3 is 10.6 Å². The molecule has 3 amide bonds. The van der Waals surface area contributed by atoms with Crippen LogP contribution < -0.4 is 10.6 Å². The van der Waals surface area contributed by atoms with E-state index in [9.17, 15) is 9.59 Å². The third kappa shape index (κ3) is 2.70. The fourth-order valence-electron chi connectivity index (χ4n) is 3.11. The number of aryl methyl sites for hydroxylation is 1. The largest absolute Gasteiger partial charge is 0.325 e. The zero-order valence-corrected chi connectivity index (χ0v) is 12.9. The number of urea groups is 1. The molecule has 0 saturated carbocycles. The minimum Gasteiger partial charge on any atom is -0.323 e. The van der Waals surface area contributed by atoms with Crippen molar-refractivity contribution >= 4 is 11.9 Å². The normalized spacial score (nSPS) is 20.5. The Labute approximate surface area is 130 Å². The van der Waals surface area contributed by atoms with Gasteiger partial charge >= 0.3 is 6.03 Å². The lowest BCUT2D eigenvalue weighted by molar-refractivity contribution is -0.132. The van der Waals surface area contributed by atoms with Crippen LogP contribution in [0.4, 0.5) is 4.79 Å². The predicted molar refractivity (Wildman–Crippen MR) is 82.4 cm³/mol. The van der Waals surface area contributed by atoms with Gasteiger partial charge in [-0.25, -0.2) is 4.79 Å². The molecule has 0 unspecified atom stereocenters. The summed E-state index contributed by atoms with van der Waals surface area (Å²) in [6, 6.07) is 3.75. The number of carbonyl (C=O) groups excluding carboxylic acids is 2. The summed E-state index contributed by atoms with van der Waals surface area (Å²) in [5, 5.41) is 6.12. The molecule has 3 heterocycles. The number of pyridine rings is 1. The van der Waals surface area contributed by atoms with Gasteiger partial charge in [0.25, 0.3) is 5.91 Å². The van der Waals surface area contributed by atoms with Gasteiger partial charge in [0.15, 0.2) is 0 Å². The number of piperidine rings is 1. The van der Waals surface area contributed by atoms with Crippen molar-refractivity contribution in [2.45, 2.75) is 38.1 Å². The molecular formula is C16H22N4O2. The lowest BCUT2D eigenvalue weighted by Crippen LogP contribution is -2.53. The maximum absolute atomic E-state index is 12.6. The summed E-state index contributed by atoms with van der Waals surface area (Å²) >= 11 is 0. The first kappa shape index (κ1) is 15.0. The molecule has 2 fully saturated rings. The van der Waals surface area contributed by atoms with Gasteiger partial charge in [-0.1, -0.05) is 13.0 Å². The first-order chi connectivity index (χ1) is 10.6. The smallest absolute Gasteiger partial charge is 0.323 e. The molecule has 2 N–H and O–H groups in total. The van der Waals surface area contributed by atoms with Crippen LogP contribution >= 0.6 is 0 Å². The quantitative estimate of drug-likeness (QED) is 0.809. The molecule has 2 saturated heterocycles. The molecule has 0 radical (unpaired) electrons. The molecular weight excluding hydrogens is 280 g/mol. The van der Waals surface area contributed by atoms with Crippen LogP contribution in [-0.2, 0) is 17.6 Å². The van der Waals surface area contributed by atoms with Crippen molar-refractivity contribution in [3.8, 4) is 0 Å². The van der Waals surface area contributed by atoms with Gasteiger partial charge in [-0.05, 0) is 44.0 Å². The van der Waals surface area contributed by atoms with Crippen LogP contribution in [0, 0.1) is 0 Å². The second-order valence-corrected chi connectivity index (χ2v) is 5.98. The van der Waals surface area contributed by atoms with E-state index in [1.165, 1.54) is 10.5 Å². The Kier molecular flexibility index (Phi) is 4.11. The van der Waals surface area contributed by atoms with Crippen molar-refractivity contribution in [2.75, 3.05) is 19.6 Å². The predicted octanol–water partition coefficient (Wildman–Crippen LogP) is 0.861. The van der Waals surface area contributed by atoms with Gasteiger partial charge in [0.2, 0.25) is 0 Å². The van der Waals surface area contributed by atoms with Crippen molar-refractivity contribution in [3.05, 3.63) is 29.6 Å². The number of rotatable bonds is 4. The molecule has 3 rings (SSSR count).